The fourth-order valence-corrected chi connectivity index (χ4v) is 4.09. The Balaban J connectivity index is 1.57. The van der Waals surface area contributed by atoms with E-state index >= 15 is 0 Å². The second-order valence-corrected chi connectivity index (χ2v) is 7.67. The maximum atomic E-state index is 5.98. The molecule has 1 aromatic heterocycles. The van der Waals surface area contributed by atoms with E-state index in [2.05, 4.69) is 29.2 Å². The van der Waals surface area contributed by atoms with Crippen LogP contribution in [0.1, 0.15) is 11.4 Å². The Morgan fingerprint density at radius 2 is 1.77 bits per heavy atom. The molecule has 1 fully saturated rings. The van der Waals surface area contributed by atoms with E-state index < -0.39 is 0 Å². The molecule has 1 saturated heterocycles. The highest BCUT2D eigenvalue weighted by atomic mass is 35.5. The number of rotatable bonds is 5. The lowest BCUT2D eigenvalue weighted by molar-refractivity contribution is 0.0330. The molecule has 26 heavy (non-hydrogen) atoms. The number of benzene rings is 2. The molecular formula is C20H20ClN3OS. The summed E-state index contributed by atoms with van der Waals surface area (Å²) in [6.07, 6.45) is 0. The Hall–Kier alpha value is -1.66. The minimum Gasteiger partial charge on any atom is -0.379 e. The number of fused-ring (bicyclic) bond motifs is 1. The van der Waals surface area contributed by atoms with Crippen LogP contribution in [0.15, 0.2) is 53.6 Å². The highest BCUT2D eigenvalue weighted by Gasteiger charge is 2.14. The average Bonchev–Trinajstić information content (AvgIpc) is 2.68. The van der Waals surface area contributed by atoms with Gasteiger partial charge in [0, 0.05) is 29.3 Å². The molecule has 6 heteroatoms. The number of aromatic nitrogens is 2. The fraction of sp³-hybridized carbons (Fsp3) is 0.300. The monoisotopic (exact) mass is 385 g/mol. The molecule has 2 heterocycles. The first-order chi connectivity index (χ1) is 12.8. The highest BCUT2D eigenvalue weighted by Crippen LogP contribution is 2.28. The second kappa shape index (κ2) is 8.35. The minimum absolute atomic E-state index is 0.763. The highest BCUT2D eigenvalue weighted by molar-refractivity contribution is 7.98. The molecule has 1 aliphatic heterocycles. The standard InChI is InChI=1S/C20H20ClN3OS/c21-16-7-5-15(6-8-16)14-26-20-17-3-1-2-4-18(17)22-19(23-20)13-24-9-11-25-12-10-24/h1-8H,9-14H2. The van der Waals surface area contributed by atoms with Gasteiger partial charge in [-0.3, -0.25) is 4.90 Å². The van der Waals surface area contributed by atoms with E-state index in [1.54, 1.807) is 11.8 Å². The molecule has 3 aromatic rings. The van der Waals surface area contributed by atoms with Crippen LogP contribution in [0.5, 0.6) is 0 Å². The van der Waals surface area contributed by atoms with E-state index in [4.69, 9.17) is 26.3 Å². The molecule has 134 valence electrons. The van der Waals surface area contributed by atoms with Gasteiger partial charge in [0.05, 0.1) is 25.3 Å². The third kappa shape index (κ3) is 4.35. The molecule has 2 aromatic carbocycles. The Labute approximate surface area is 162 Å². The van der Waals surface area contributed by atoms with Gasteiger partial charge in [-0.15, -0.1) is 11.8 Å². The number of morpholine rings is 1. The van der Waals surface area contributed by atoms with E-state index in [-0.39, 0.29) is 0 Å². The predicted octanol–water partition coefficient (Wildman–Crippen LogP) is 4.41. The molecule has 4 nitrogen and oxygen atoms in total. The van der Waals surface area contributed by atoms with Gasteiger partial charge in [-0.1, -0.05) is 41.9 Å². The first-order valence-electron chi connectivity index (χ1n) is 8.71. The minimum atomic E-state index is 0.763. The zero-order valence-corrected chi connectivity index (χ0v) is 16.0. The average molecular weight is 386 g/mol. The molecule has 0 atom stereocenters. The van der Waals surface area contributed by atoms with Gasteiger partial charge in [0.25, 0.3) is 0 Å². The second-order valence-electron chi connectivity index (χ2n) is 6.27. The van der Waals surface area contributed by atoms with Crippen LogP contribution >= 0.6 is 23.4 Å². The molecule has 0 amide bonds. The topological polar surface area (TPSA) is 38.2 Å². The van der Waals surface area contributed by atoms with Gasteiger partial charge in [-0.25, -0.2) is 9.97 Å². The van der Waals surface area contributed by atoms with Crippen molar-refractivity contribution in [1.82, 2.24) is 14.9 Å². The zero-order valence-electron chi connectivity index (χ0n) is 14.4. The molecule has 0 N–H and O–H groups in total. The third-order valence-corrected chi connectivity index (χ3v) is 5.69. The summed E-state index contributed by atoms with van der Waals surface area (Å²) in [6.45, 7) is 4.20. The van der Waals surface area contributed by atoms with Gasteiger partial charge in [0.1, 0.15) is 10.9 Å². The van der Waals surface area contributed by atoms with Crippen LogP contribution in [0.2, 0.25) is 5.02 Å². The molecule has 1 aliphatic rings. The molecule has 0 aliphatic carbocycles. The first kappa shape index (κ1) is 17.7. The summed E-state index contributed by atoms with van der Waals surface area (Å²) >= 11 is 7.73. The largest absolute Gasteiger partial charge is 0.379 e. The van der Waals surface area contributed by atoms with Crippen LogP contribution in [-0.4, -0.2) is 41.2 Å². The van der Waals surface area contributed by atoms with Crippen molar-refractivity contribution in [3.05, 3.63) is 64.9 Å². The molecule has 0 saturated carbocycles. The molecule has 0 bridgehead atoms. The Kier molecular flexibility index (Phi) is 5.70. The lowest BCUT2D eigenvalue weighted by Gasteiger charge is -2.25. The van der Waals surface area contributed by atoms with E-state index in [1.165, 1.54) is 5.56 Å². The molecule has 0 unspecified atom stereocenters. The van der Waals surface area contributed by atoms with Crippen LogP contribution in [-0.2, 0) is 17.0 Å². The summed E-state index contributed by atoms with van der Waals surface area (Å²) in [5, 5.41) is 2.91. The van der Waals surface area contributed by atoms with Gasteiger partial charge in [-0.2, -0.15) is 0 Å². The normalized spacial score (nSPS) is 15.4. The summed E-state index contributed by atoms with van der Waals surface area (Å²) in [5.74, 6) is 1.74. The smallest absolute Gasteiger partial charge is 0.144 e. The summed E-state index contributed by atoms with van der Waals surface area (Å²) in [7, 11) is 0. The van der Waals surface area contributed by atoms with E-state index in [0.29, 0.717) is 0 Å². The molecular weight excluding hydrogens is 366 g/mol. The van der Waals surface area contributed by atoms with Crippen LogP contribution < -0.4 is 0 Å². The fourth-order valence-electron chi connectivity index (χ4n) is 2.97. The molecule has 0 spiro atoms. The van der Waals surface area contributed by atoms with Crippen molar-refractivity contribution in [2.45, 2.75) is 17.3 Å². The predicted molar refractivity (Wildman–Crippen MR) is 107 cm³/mol. The van der Waals surface area contributed by atoms with Gasteiger partial charge in [-0.05, 0) is 23.8 Å². The number of halogens is 1. The first-order valence-corrected chi connectivity index (χ1v) is 10.1. The summed E-state index contributed by atoms with van der Waals surface area (Å²) in [4.78, 5) is 12.0. The van der Waals surface area contributed by atoms with E-state index in [9.17, 15) is 0 Å². The van der Waals surface area contributed by atoms with Gasteiger partial charge in [0.15, 0.2) is 0 Å². The lowest BCUT2D eigenvalue weighted by Crippen LogP contribution is -2.36. The van der Waals surface area contributed by atoms with Crippen LogP contribution in [0, 0.1) is 0 Å². The van der Waals surface area contributed by atoms with Gasteiger partial charge >= 0.3 is 0 Å². The Morgan fingerprint density at radius 1 is 1.00 bits per heavy atom. The number of nitrogens with zero attached hydrogens (tertiary/aromatic N) is 3. The number of para-hydroxylation sites is 1. The van der Waals surface area contributed by atoms with Gasteiger partial charge in [0.2, 0.25) is 0 Å². The maximum absolute atomic E-state index is 5.98. The van der Waals surface area contributed by atoms with Crippen molar-refractivity contribution >= 4 is 34.3 Å². The Bertz CT molecular complexity index is 882. The maximum Gasteiger partial charge on any atom is 0.144 e. The summed E-state index contributed by atoms with van der Waals surface area (Å²) < 4.78 is 5.43. The lowest BCUT2D eigenvalue weighted by atomic mass is 10.2. The van der Waals surface area contributed by atoms with Crippen molar-refractivity contribution in [1.29, 1.82) is 0 Å². The van der Waals surface area contributed by atoms with Crippen molar-refractivity contribution in [2.24, 2.45) is 0 Å². The number of hydrogen-bond acceptors (Lipinski definition) is 5. The number of hydrogen-bond donors (Lipinski definition) is 0. The third-order valence-electron chi connectivity index (χ3n) is 4.37. The molecule has 4 rings (SSSR count). The zero-order chi connectivity index (χ0) is 17.8. The van der Waals surface area contributed by atoms with Crippen molar-refractivity contribution in [2.75, 3.05) is 26.3 Å². The van der Waals surface area contributed by atoms with Crippen LogP contribution in [0.4, 0.5) is 0 Å². The number of thioether (sulfide) groups is 1. The SMILES string of the molecule is Clc1ccc(CSc2nc(CN3CCOCC3)nc3ccccc23)cc1. The number of ether oxygens (including phenoxy) is 1. The summed E-state index contributed by atoms with van der Waals surface area (Å²) in [6, 6.07) is 16.2. The van der Waals surface area contributed by atoms with Gasteiger partial charge < -0.3 is 4.74 Å². The van der Waals surface area contributed by atoms with Crippen LogP contribution in [0.3, 0.4) is 0 Å². The van der Waals surface area contributed by atoms with E-state index in [0.717, 1.165) is 65.4 Å². The van der Waals surface area contributed by atoms with Crippen molar-refractivity contribution in [3.8, 4) is 0 Å². The quantitative estimate of drug-likeness (QED) is 0.480. The van der Waals surface area contributed by atoms with E-state index in [1.807, 2.05) is 24.3 Å². The van der Waals surface area contributed by atoms with Crippen molar-refractivity contribution < 1.29 is 4.74 Å². The summed E-state index contributed by atoms with van der Waals surface area (Å²) in [5.41, 5.74) is 2.24. The van der Waals surface area contributed by atoms with Crippen LogP contribution in [0.25, 0.3) is 10.9 Å². The Morgan fingerprint density at radius 3 is 2.58 bits per heavy atom. The van der Waals surface area contributed by atoms with Crippen molar-refractivity contribution in [3.63, 3.8) is 0 Å². The molecule has 0 radical (unpaired) electrons.